The lowest BCUT2D eigenvalue weighted by Crippen LogP contribution is -2.01. The van der Waals surface area contributed by atoms with Gasteiger partial charge in [0.25, 0.3) is 0 Å². The second kappa shape index (κ2) is 6.29. The van der Waals surface area contributed by atoms with E-state index < -0.39 is 0 Å². The number of rotatable bonds is 4. The summed E-state index contributed by atoms with van der Waals surface area (Å²) in [4.78, 5) is 3.76. The molecule has 0 saturated heterocycles. The highest BCUT2D eigenvalue weighted by molar-refractivity contribution is 5.71. The Labute approximate surface area is 61.6 Å². The third-order valence-corrected chi connectivity index (χ3v) is 1.03. The van der Waals surface area contributed by atoms with Gasteiger partial charge in [-0.3, -0.25) is 4.99 Å². The summed E-state index contributed by atoms with van der Waals surface area (Å²) in [5.41, 5.74) is 6.33. The highest BCUT2D eigenvalue weighted by Crippen LogP contribution is 1.89. The van der Waals surface area contributed by atoms with Crippen LogP contribution in [0.5, 0.6) is 0 Å². The van der Waals surface area contributed by atoms with E-state index in [-0.39, 0.29) is 0 Å². The number of hydrogen-bond acceptors (Lipinski definition) is 3. The lowest BCUT2D eigenvalue weighted by atomic mass is 10.3. The molecule has 0 aliphatic heterocycles. The normalized spacial score (nSPS) is 12.8. The van der Waals surface area contributed by atoms with Gasteiger partial charge in [0.05, 0.1) is 6.61 Å². The average molecular weight is 142 g/mol. The Morgan fingerprint density at radius 1 is 1.70 bits per heavy atom. The molecule has 58 valence electrons. The third-order valence-electron chi connectivity index (χ3n) is 1.03. The van der Waals surface area contributed by atoms with Gasteiger partial charge in [0.15, 0.2) is 0 Å². The van der Waals surface area contributed by atoms with Crippen LogP contribution in [0.15, 0.2) is 16.8 Å². The van der Waals surface area contributed by atoms with Crippen molar-refractivity contribution in [3.63, 3.8) is 0 Å². The summed E-state index contributed by atoms with van der Waals surface area (Å²) in [6.07, 6.45) is 4.21. The van der Waals surface area contributed by atoms with Crippen LogP contribution < -0.4 is 5.73 Å². The fraction of sp³-hybridized carbons (Fsp3) is 0.571. The minimum absolute atomic E-state index is 0.667. The number of ether oxygens (including phenoxy) is 1. The Balaban J connectivity index is 3.49. The van der Waals surface area contributed by atoms with Gasteiger partial charge in [-0.25, -0.2) is 0 Å². The predicted octanol–water partition coefficient (Wildman–Crippen LogP) is 0.566. The molecule has 2 N–H and O–H groups in total. The van der Waals surface area contributed by atoms with Crippen LogP contribution in [0.2, 0.25) is 0 Å². The Hall–Kier alpha value is -0.830. The minimum atomic E-state index is 0.667. The molecule has 0 bridgehead atoms. The molecule has 0 heterocycles. The quantitative estimate of drug-likeness (QED) is 0.583. The van der Waals surface area contributed by atoms with Crippen LogP contribution in [-0.2, 0) is 4.74 Å². The third kappa shape index (κ3) is 5.31. The molecule has 0 saturated carbocycles. The SMILES string of the molecule is CN=CC=C(N)CCOC. The fourth-order valence-electron chi connectivity index (χ4n) is 0.474. The number of hydrogen-bond donors (Lipinski definition) is 1. The first-order valence-corrected chi connectivity index (χ1v) is 3.17. The molecule has 3 heteroatoms. The number of aliphatic imine (C=N–C) groups is 1. The van der Waals surface area contributed by atoms with Crippen molar-refractivity contribution < 1.29 is 4.74 Å². The van der Waals surface area contributed by atoms with E-state index in [1.165, 1.54) is 0 Å². The van der Waals surface area contributed by atoms with Gasteiger partial charge in [0.2, 0.25) is 0 Å². The second-order valence-corrected chi connectivity index (χ2v) is 1.89. The molecule has 0 aromatic carbocycles. The molecule has 0 spiro atoms. The predicted molar refractivity (Wildman–Crippen MR) is 43.2 cm³/mol. The molecule has 0 aromatic rings. The van der Waals surface area contributed by atoms with Gasteiger partial charge < -0.3 is 10.5 Å². The van der Waals surface area contributed by atoms with Crippen LogP contribution >= 0.6 is 0 Å². The van der Waals surface area contributed by atoms with E-state index in [2.05, 4.69) is 4.99 Å². The van der Waals surface area contributed by atoms with Crippen LogP contribution in [-0.4, -0.2) is 27.0 Å². The first-order chi connectivity index (χ1) is 4.81. The summed E-state index contributed by atoms with van der Waals surface area (Å²) >= 11 is 0. The van der Waals surface area contributed by atoms with E-state index in [0.29, 0.717) is 6.61 Å². The summed E-state index contributed by atoms with van der Waals surface area (Å²) in [5.74, 6) is 0. The molecule has 0 aliphatic rings. The van der Waals surface area contributed by atoms with Crippen molar-refractivity contribution >= 4 is 6.21 Å². The van der Waals surface area contributed by atoms with Gasteiger partial charge in [-0.15, -0.1) is 0 Å². The first kappa shape index (κ1) is 9.17. The molecular formula is C7H14N2O. The molecule has 0 fully saturated rings. The number of allylic oxidation sites excluding steroid dienone is 1. The molecule has 0 aliphatic carbocycles. The van der Waals surface area contributed by atoms with Gasteiger partial charge in [-0.2, -0.15) is 0 Å². The van der Waals surface area contributed by atoms with Crippen molar-refractivity contribution in [3.8, 4) is 0 Å². The summed E-state index contributed by atoms with van der Waals surface area (Å²) in [5, 5.41) is 0. The summed E-state index contributed by atoms with van der Waals surface area (Å²) in [6.45, 7) is 0.667. The minimum Gasteiger partial charge on any atom is -0.402 e. The van der Waals surface area contributed by atoms with Crippen molar-refractivity contribution in [1.29, 1.82) is 0 Å². The lowest BCUT2D eigenvalue weighted by molar-refractivity contribution is 0.202. The van der Waals surface area contributed by atoms with Gasteiger partial charge >= 0.3 is 0 Å². The van der Waals surface area contributed by atoms with E-state index in [0.717, 1.165) is 12.1 Å². The van der Waals surface area contributed by atoms with Crippen LogP contribution in [0.4, 0.5) is 0 Å². The van der Waals surface area contributed by atoms with Gasteiger partial charge in [0, 0.05) is 32.5 Å². The molecule has 0 rings (SSSR count). The van der Waals surface area contributed by atoms with E-state index in [4.69, 9.17) is 10.5 Å². The molecular weight excluding hydrogens is 128 g/mol. The number of nitrogens with zero attached hydrogens (tertiary/aromatic N) is 1. The van der Waals surface area contributed by atoms with Gasteiger partial charge in [-0.1, -0.05) is 0 Å². The Morgan fingerprint density at radius 2 is 2.40 bits per heavy atom. The monoisotopic (exact) mass is 142 g/mol. The second-order valence-electron chi connectivity index (χ2n) is 1.89. The molecule has 0 radical (unpaired) electrons. The molecule has 0 unspecified atom stereocenters. The Bertz CT molecular complexity index is 130. The van der Waals surface area contributed by atoms with Gasteiger partial charge in [-0.05, 0) is 6.08 Å². The summed E-state index contributed by atoms with van der Waals surface area (Å²) in [6, 6.07) is 0. The standard InChI is InChI=1S/C7H14N2O/c1-9-5-3-7(8)4-6-10-2/h3,5H,4,6,8H2,1-2H3. The van der Waals surface area contributed by atoms with Crippen LogP contribution in [0.1, 0.15) is 6.42 Å². The van der Waals surface area contributed by atoms with Crippen molar-refractivity contribution in [1.82, 2.24) is 0 Å². The molecule has 3 nitrogen and oxygen atoms in total. The molecule has 0 aromatic heterocycles. The van der Waals surface area contributed by atoms with Crippen molar-refractivity contribution in [2.45, 2.75) is 6.42 Å². The van der Waals surface area contributed by atoms with E-state index in [9.17, 15) is 0 Å². The van der Waals surface area contributed by atoms with Gasteiger partial charge in [0.1, 0.15) is 0 Å². The lowest BCUT2D eigenvalue weighted by Gasteiger charge is -1.96. The first-order valence-electron chi connectivity index (χ1n) is 3.17. The highest BCUT2D eigenvalue weighted by atomic mass is 16.5. The zero-order valence-electron chi connectivity index (χ0n) is 6.50. The molecule has 0 atom stereocenters. The maximum atomic E-state index is 5.54. The summed E-state index contributed by atoms with van der Waals surface area (Å²) < 4.78 is 4.83. The molecule has 10 heavy (non-hydrogen) atoms. The van der Waals surface area contributed by atoms with E-state index in [1.807, 2.05) is 0 Å². The highest BCUT2D eigenvalue weighted by Gasteiger charge is 1.86. The van der Waals surface area contributed by atoms with Crippen LogP contribution in [0.25, 0.3) is 0 Å². The maximum Gasteiger partial charge on any atom is 0.0516 e. The number of methoxy groups -OCH3 is 1. The number of nitrogens with two attached hydrogens (primary N) is 1. The van der Waals surface area contributed by atoms with Crippen LogP contribution in [0, 0.1) is 0 Å². The molecule has 0 amide bonds. The van der Waals surface area contributed by atoms with Crippen LogP contribution in [0.3, 0.4) is 0 Å². The average Bonchev–Trinajstić information content (AvgIpc) is 1.97. The van der Waals surface area contributed by atoms with E-state index >= 15 is 0 Å². The van der Waals surface area contributed by atoms with Crippen molar-refractivity contribution in [2.24, 2.45) is 10.7 Å². The zero-order valence-corrected chi connectivity index (χ0v) is 6.50. The smallest absolute Gasteiger partial charge is 0.0516 e. The summed E-state index contributed by atoms with van der Waals surface area (Å²) in [7, 11) is 3.36. The zero-order chi connectivity index (χ0) is 7.82. The van der Waals surface area contributed by atoms with E-state index in [1.54, 1.807) is 26.4 Å². The maximum absolute atomic E-state index is 5.54. The Morgan fingerprint density at radius 3 is 2.90 bits per heavy atom. The fourth-order valence-corrected chi connectivity index (χ4v) is 0.474. The largest absolute Gasteiger partial charge is 0.402 e. The van der Waals surface area contributed by atoms with Crippen molar-refractivity contribution in [3.05, 3.63) is 11.8 Å². The topological polar surface area (TPSA) is 47.6 Å². The Kier molecular flexibility index (Phi) is 5.77. The van der Waals surface area contributed by atoms with Crippen molar-refractivity contribution in [2.75, 3.05) is 20.8 Å².